The van der Waals surface area contributed by atoms with Crippen molar-refractivity contribution in [3.63, 3.8) is 0 Å². The number of aryl methyl sites for hydroxylation is 2. The van der Waals surface area contributed by atoms with E-state index in [1.165, 1.54) is 36.8 Å². The molecule has 1 aliphatic rings. The van der Waals surface area contributed by atoms with E-state index >= 15 is 0 Å². The molecule has 0 amide bonds. The predicted molar refractivity (Wildman–Crippen MR) is 71.3 cm³/mol. The van der Waals surface area contributed by atoms with Crippen LogP contribution in [-0.4, -0.2) is 6.54 Å². The molecule has 1 unspecified atom stereocenters. The molecule has 1 atom stereocenters. The molecule has 0 aromatic carbocycles. The lowest BCUT2D eigenvalue weighted by Gasteiger charge is -2.18. The molecular formula is C15H25NO. The van der Waals surface area contributed by atoms with Gasteiger partial charge in [-0.2, -0.15) is 0 Å². The molecule has 1 fully saturated rings. The predicted octanol–water partition coefficient (Wildman–Crippen LogP) is 4.05. The summed E-state index contributed by atoms with van der Waals surface area (Å²) in [7, 11) is 0. The highest BCUT2D eigenvalue weighted by molar-refractivity contribution is 5.34. The van der Waals surface area contributed by atoms with E-state index in [1.807, 2.05) is 0 Å². The minimum absolute atomic E-state index is 0.484. The van der Waals surface area contributed by atoms with E-state index in [0.717, 1.165) is 24.0 Å². The average molecular weight is 235 g/mol. The average Bonchev–Trinajstić information content (AvgIpc) is 3.05. The third kappa shape index (κ3) is 2.92. The van der Waals surface area contributed by atoms with E-state index in [4.69, 9.17) is 4.42 Å². The molecule has 0 bridgehead atoms. The summed E-state index contributed by atoms with van der Waals surface area (Å²) >= 11 is 0. The van der Waals surface area contributed by atoms with Crippen molar-refractivity contribution in [2.45, 2.75) is 59.4 Å². The van der Waals surface area contributed by atoms with Gasteiger partial charge in [-0.1, -0.05) is 19.8 Å². The van der Waals surface area contributed by atoms with Crippen molar-refractivity contribution in [1.29, 1.82) is 0 Å². The Labute approximate surface area is 105 Å². The van der Waals surface area contributed by atoms with E-state index < -0.39 is 0 Å². The van der Waals surface area contributed by atoms with Gasteiger partial charge in [0.25, 0.3) is 0 Å². The fourth-order valence-electron chi connectivity index (χ4n) is 2.73. The molecule has 0 aliphatic heterocycles. The van der Waals surface area contributed by atoms with Crippen LogP contribution < -0.4 is 5.32 Å². The molecule has 0 spiro atoms. The van der Waals surface area contributed by atoms with Gasteiger partial charge in [-0.15, -0.1) is 0 Å². The molecule has 1 heterocycles. The minimum Gasteiger partial charge on any atom is -0.466 e. The summed E-state index contributed by atoms with van der Waals surface area (Å²) in [5.41, 5.74) is 2.74. The van der Waals surface area contributed by atoms with Gasteiger partial charge < -0.3 is 9.73 Å². The van der Waals surface area contributed by atoms with Crippen LogP contribution >= 0.6 is 0 Å². The Hall–Kier alpha value is -0.760. The zero-order chi connectivity index (χ0) is 12.4. The molecule has 96 valence electrons. The Morgan fingerprint density at radius 1 is 1.24 bits per heavy atom. The van der Waals surface area contributed by atoms with Gasteiger partial charge in [0.05, 0.1) is 0 Å². The monoisotopic (exact) mass is 235 g/mol. The Kier molecular flexibility index (Phi) is 3.93. The minimum atomic E-state index is 0.484. The molecule has 1 aromatic heterocycles. The summed E-state index contributed by atoms with van der Waals surface area (Å²) in [5, 5.41) is 3.62. The Morgan fingerprint density at radius 2 is 1.94 bits per heavy atom. The lowest BCUT2D eigenvalue weighted by atomic mass is 9.97. The number of furan rings is 1. The third-order valence-electron chi connectivity index (χ3n) is 3.98. The largest absolute Gasteiger partial charge is 0.466 e. The van der Waals surface area contributed by atoms with Crippen molar-refractivity contribution in [3.8, 4) is 0 Å². The Balaban J connectivity index is 2.11. The molecule has 1 N–H and O–H groups in total. The van der Waals surface area contributed by atoms with Gasteiger partial charge in [0.15, 0.2) is 0 Å². The van der Waals surface area contributed by atoms with Crippen molar-refractivity contribution in [3.05, 3.63) is 22.6 Å². The normalized spacial score (nSPS) is 17.4. The number of rotatable bonds is 6. The Bertz CT molecular complexity index is 377. The smallest absolute Gasteiger partial charge is 0.106 e. The van der Waals surface area contributed by atoms with Gasteiger partial charge in [0, 0.05) is 11.6 Å². The SMILES string of the molecule is CCNC(CCC1CC1)c1c(C)oc(C)c1C. The number of hydrogen-bond acceptors (Lipinski definition) is 2. The summed E-state index contributed by atoms with van der Waals surface area (Å²) < 4.78 is 5.76. The van der Waals surface area contributed by atoms with Crippen LogP contribution in [0.4, 0.5) is 0 Å². The van der Waals surface area contributed by atoms with Crippen LogP contribution in [0, 0.1) is 26.7 Å². The summed E-state index contributed by atoms with van der Waals surface area (Å²) in [6.45, 7) is 9.55. The fourth-order valence-corrected chi connectivity index (χ4v) is 2.73. The van der Waals surface area contributed by atoms with E-state index in [-0.39, 0.29) is 0 Å². The first kappa shape index (κ1) is 12.7. The van der Waals surface area contributed by atoms with Crippen molar-refractivity contribution < 1.29 is 4.42 Å². The standard InChI is InChI=1S/C15H25NO/c1-5-16-14(9-8-13-6-7-13)15-10(2)11(3)17-12(15)4/h13-14,16H,5-9H2,1-4H3. The highest BCUT2D eigenvalue weighted by atomic mass is 16.3. The fraction of sp³-hybridized carbons (Fsp3) is 0.733. The molecule has 1 aromatic rings. The number of hydrogen-bond donors (Lipinski definition) is 1. The van der Waals surface area contributed by atoms with Gasteiger partial charge >= 0.3 is 0 Å². The van der Waals surface area contributed by atoms with Gasteiger partial charge in [-0.05, 0) is 51.6 Å². The van der Waals surface area contributed by atoms with Gasteiger partial charge in [-0.3, -0.25) is 0 Å². The van der Waals surface area contributed by atoms with E-state index in [0.29, 0.717) is 6.04 Å². The molecule has 1 aliphatic carbocycles. The highest BCUT2D eigenvalue weighted by Gasteiger charge is 2.25. The van der Waals surface area contributed by atoms with Gasteiger partial charge in [0.1, 0.15) is 11.5 Å². The first-order valence-corrected chi connectivity index (χ1v) is 6.93. The molecule has 17 heavy (non-hydrogen) atoms. The molecule has 2 nitrogen and oxygen atoms in total. The van der Waals surface area contributed by atoms with Crippen LogP contribution in [0.1, 0.15) is 61.3 Å². The second-order valence-electron chi connectivity index (χ2n) is 5.38. The van der Waals surface area contributed by atoms with Crippen LogP contribution in [0.25, 0.3) is 0 Å². The second-order valence-corrected chi connectivity index (χ2v) is 5.38. The van der Waals surface area contributed by atoms with Crippen LogP contribution in [0.5, 0.6) is 0 Å². The van der Waals surface area contributed by atoms with Crippen molar-refractivity contribution >= 4 is 0 Å². The van der Waals surface area contributed by atoms with E-state index in [2.05, 4.69) is 33.0 Å². The zero-order valence-electron chi connectivity index (χ0n) is 11.6. The van der Waals surface area contributed by atoms with Crippen LogP contribution in [0.2, 0.25) is 0 Å². The zero-order valence-corrected chi connectivity index (χ0v) is 11.6. The van der Waals surface area contributed by atoms with Crippen molar-refractivity contribution in [2.24, 2.45) is 5.92 Å². The molecular weight excluding hydrogens is 210 g/mol. The molecule has 2 heteroatoms. The lowest BCUT2D eigenvalue weighted by Crippen LogP contribution is -2.22. The summed E-state index contributed by atoms with van der Waals surface area (Å²) in [6.07, 6.45) is 5.50. The highest BCUT2D eigenvalue weighted by Crippen LogP contribution is 2.37. The number of nitrogens with one attached hydrogen (secondary N) is 1. The summed E-state index contributed by atoms with van der Waals surface area (Å²) in [5.74, 6) is 3.18. The first-order valence-electron chi connectivity index (χ1n) is 6.93. The maximum atomic E-state index is 5.76. The maximum absolute atomic E-state index is 5.76. The lowest BCUT2D eigenvalue weighted by molar-refractivity contribution is 0.458. The van der Waals surface area contributed by atoms with Crippen LogP contribution in [-0.2, 0) is 0 Å². The van der Waals surface area contributed by atoms with E-state index in [1.54, 1.807) is 0 Å². The quantitative estimate of drug-likeness (QED) is 0.805. The summed E-state index contributed by atoms with van der Waals surface area (Å²) in [4.78, 5) is 0. The summed E-state index contributed by atoms with van der Waals surface area (Å²) in [6, 6.07) is 0.484. The molecule has 0 radical (unpaired) electrons. The van der Waals surface area contributed by atoms with Crippen molar-refractivity contribution in [1.82, 2.24) is 5.32 Å². The third-order valence-corrected chi connectivity index (χ3v) is 3.98. The van der Waals surface area contributed by atoms with Crippen LogP contribution in [0.15, 0.2) is 4.42 Å². The second kappa shape index (κ2) is 5.26. The van der Waals surface area contributed by atoms with E-state index in [9.17, 15) is 0 Å². The van der Waals surface area contributed by atoms with Gasteiger partial charge in [0.2, 0.25) is 0 Å². The van der Waals surface area contributed by atoms with Crippen molar-refractivity contribution in [2.75, 3.05) is 6.54 Å². The Morgan fingerprint density at radius 3 is 2.41 bits per heavy atom. The molecule has 1 saturated carbocycles. The molecule has 0 saturated heterocycles. The van der Waals surface area contributed by atoms with Crippen LogP contribution in [0.3, 0.4) is 0 Å². The molecule has 2 rings (SSSR count). The maximum Gasteiger partial charge on any atom is 0.106 e. The topological polar surface area (TPSA) is 25.2 Å². The first-order chi connectivity index (χ1) is 8.13. The van der Waals surface area contributed by atoms with Gasteiger partial charge in [-0.25, -0.2) is 0 Å².